The van der Waals surface area contributed by atoms with E-state index >= 15 is 0 Å². The SMILES string of the molecule is CCc1c(C(=O)N2CCN(C(=O)CN3CCOCC3)CC2)cnn1Cc1ccccc1. The molecule has 3 heterocycles. The number of carbonyl (C=O) groups is 2. The molecule has 8 heteroatoms. The monoisotopic (exact) mass is 425 g/mol. The maximum Gasteiger partial charge on any atom is 0.257 e. The maximum atomic E-state index is 13.2. The fourth-order valence-electron chi connectivity index (χ4n) is 4.23. The fourth-order valence-corrected chi connectivity index (χ4v) is 4.23. The molecule has 166 valence electrons. The number of rotatable bonds is 6. The lowest BCUT2D eigenvalue weighted by atomic mass is 10.1. The predicted octanol–water partition coefficient (Wildman–Crippen LogP) is 1.11. The van der Waals surface area contributed by atoms with E-state index in [1.165, 1.54) is 0 Å². The van der Waals surface area contributed by atoms with E-state index in [1.807, 2.05) is 32.7 Å². The first-order chi connectivity index (χ1) is 15.2. The Balaban J connectivity index is 1.34. The number of piperazine rings is 1. The highest BCUT2D eigenvalue weighted by molar-refractivity contribution is 5.95. The molecule has 2 fully saturated rings. The predicted molar refractivity (Wildman–Crippen MR) is 117 cm³/mol. The number of nitrogens with zero attached hydrogens (tertiary/aromatic N) is 5. The van der Waals surface area contributed by atoms with Gasteiger partial charge in [0.15, 0.2) is 0 Å². The van der Waals surface area contributed by atoms with E-state index in [0.29, 0.717) is 58.0 Å². The molecule has 31 heavy (non-hydrogen) atoms. The van der Waals surface area contributed by atoms with Gasteiger partial charge in [0.2, 0.25) is 5.91 Å². The molecule has 0 bridgehead atoms. The highest BCUT2D eigenvalue weighted by Crippen LogP contribution is 2.16. The summed E-state index contributed by atoms with van der Waals surface area (Å²) in [5.41, 5.74) is 2.79. The molecule has 0 saturated carbocycles. The largest absolute Gasteiger partial charge is 0.379 e. The van der Waals surface area contributed by atoms with Gasteiger partial charge < -0.3 is 14.5 Å². The van der Waals surface area contributed by atoms with Crippen LogP contribution in [0, 0.1) is 0 Å². The molecule has 0 atom stereocenters. The second-order valence-corrected chi connectivity index (χ2v) is 8.06. The Kier molecular flexibility index (Phi) is 6.99. The number of aromatic nitrogens is 2. The van der Waals surface area contributed by atoms with Crippen molar-refractivity contribution in [1.82, 2.24) is 24.5 Å². The van der Waals surface area contributed by atoms with Crippen molar-refractivity contribution in [3.63, 3.8) is 0 Å². The second-order valence-electron chi connectivity index (χ2n) is 8.06. The number of benzene rings is 1. The van der Waals surface area contributed by atoms with E-state index in [4.69, 9.17) is 4.74 Å². The standard InChI is InChI=1S/C23H31N5O3/c1-2-21-20(16-24-28(21)17-19-6-4-3-5-7-19)23(30)27-10-8-26(9-11-27)22(29)18-25-12-14-31-15-13-25/h3-7,16H,2,8-15,17-18H2,1H3. The van der Waals surface area contributed by atoms with Gasteiger partial charge in [-0.2, -0.15) is 5.10 Å². The number of hydrogen-bond donors (Lipinski definition) is 0. The van der Waals surface area contributed by atoms with E-state index in [2.05, 4.69) is 29.1 Å². The van der Waals surface area contributed by atoms with Crippen molar-refractivity contribution in [2.75, 3.05) is 59.0 Å². The zero-order chi connectivity index (χ0) is 21.6. The summed E-state index contributed by atoms with van der Waals surface area (Å²) in [7, 11) is 0. The molecular weight excluding hydrogens is 394 g/mol. The highest BCUT2D eigenvalue weighted by atomic mass is 16.5. The van der Waals surface area contributed by atoms with Gasteiger partial charge in [-0.25, -0.2) is 0 Å². The molecule has 8 nitrogen and oxygen atoms in total. The third-order valence-electron chi connectivity index (χ3n) is 6.07. The molecule has 4 rings (SSSR count). The summed E-state index contributed by atoms with van der Waals surface area (Å²) >= 11 is 0. The lowest BCUT2D eigenvalue weighted by Gasteiger charge is -2.36. The molecule has 2 aliphatic heterocycles. The minimum absolute atomic E-state index is 0.0106. The topological polar surface area (TPSA) is 70.9 Å². The third kappa shape index (κ3) is 5.14. The fraction of sp³-hybridized carbons (Fsp3) is 0.522. The van der Waals surface area contributed by atoms with E-state index in [0.717, 1.165) is 30.8 Å². The van der Waals surface area contributed by atoms with Crippen LogP contribution >= 0.6 is 0 Å². The minimum atomic E-state index is 0.0106. The van der Waals surface area contributed by atoms with Gasteiger partial charge in [0.1, 0.15) is 0 Å². The Morgan fingerprint density at radius 3 is 2.32 bits per heavy atom. The molecule has 0 radical (unpaired) electrons. The Bertz CT molecular complexity index is 884. The van der Waals surface area contributed by atoms with Crippen LogP contribution in [0.1, 0.15) is 28.5 Å². The van der Waals surface area contributed by atoms with Gasteiger partial charge in [-0.1, -0.05) is 37.3 Å². The normalized spacial score (nSPS) is 17.7. The van der Waals surface area contributed by atoms with Crippen molar-refractivity contribution in [3.8, 4) is 0 Å². The van der Waals surface area contributed by atoms with Crippen LogP contribution in [-0.2, 0) is 22.5 Å². The van der Waals surface area contributed by atoms with Crippen molar-refractivity contribution in [1.29, 1.82) is 0 Å². The summed E-state index contributed by atoms with van der Waals surface area (Å²) in [5.74, 6) is 0.148. The van der Waals surface area contributed by atoms with Gasteiger partial charge in [0, 0.05) is 39.3 Å². The molecule has 0 spiro atoms. The van der Waals surface area contributed by atoms with Crippen molar-refractivity contribution >= 4 is 11.8 Å². The Morgan fingerprint density at radius 2 is 1.65 bits per heavy atom. The first-order valence-corrected chi connectivity index (χ1v) is 11.1. The third-order valence-corrected chi connectivity index (χ3v) is 6.07. The Hall–Kier alpha value is -2.71. The number of amides is 2. The van der Waals surface area contributed by atoms with Crippen LogP contribution in [0.15, 0.2) is 36.5 Å². The average Bonchev–Trinajstić information content (AvgIpc) is 3.22. The molecule has 2 amide bonds. The van der Waals surface area contributed by atoms with Crippen LogP contribution in [0.5, 0.6) is 0 Å². The molecule has 2 saturated heterocycles. The molecule has 1 aromatic carbocycles. The van der Waals surface area contributed by atoms with Gasteiger partial charge in [-0.3, -0.25) is 19.2 Å². The second kappa shape index (κ2) is 10.1. The van der Waals surface area contributed by atoms with E-state index in [1.54, 1.807) is 6.20 Å². The molecule has 1 aromatic heterocycles. The first kappa shape index (κ1) is 21.5. The van der Waals surface area contributed by atoms with Crippen molar-refractivity contribution < 1.29 is 14.3 Å². The summed E-state index contributed by atoms with van der Waals surface area (Å²) in [4.78, 5) is 31.7. The van der Waals surface area contributed by atoms with Gasteiger partial charge in [0.05, 0.1) is 43.8 Å². The molecule has 2 aliphatic rings. The lowest BCUT2D eigenvalue weighted by molar-refractivity contribution is -0.134. The maximum absolute atomic E-state index is 13.2. The van der Waals surface area contributed by atoms with Crippen molar-refractivity contribution in [2.45, 2.75) is 19.9 Å². The molecule has 0 aliphatic carbocycles. The summed E-state index contributed by atoms with van der Waals surface area (Å²) in [6, 6.07) is 10.1. The summed E-state index contributed by atoms with van der Waals surface area (Å²) < 4.78 is 7.27. The van der Waals surface area contributed by atoms with Crippen molar-refractivity contribution in [3.05, 3.63) is 53.3 Å². The van der Waals surface area contributed by atoms with E-state index < -0.39 is 0 Å². The first-order valence-electron chi connectivity index (χ1n) is 11.1. The van der Waals surface area contributed by atoms with Crippen molar-refractivity contribution in [2.24, 2.45) is 0 Å². The van der Waals surface area contributed by atoms with Crippen LogP contribution in [-0.4, -0.2) is 95.3 Å². The summed E-state index contributed by atoms with van der Waals surface area (Å²) in [5, 5.41) is 4.50. The summed E-state index contributed by atoms with van der Waals surface area (Å²) in [6.07, 6.45) is 2.44. The Morgan fingerprint density at radius 1 is 0.968 bits per heavy atom. The molecule has 0 N–H and O–H groups in total. The van der Waals surface area contributed by atoms with E-state index in [-0.39, 0.29) is 11.8 Å². The zero-order valence-electron chi connectivity index (χ0n) is 18.2. The van der Waals surface area contributed by atoms with Crippen LogP contribution < -0.4 is 0 Å². The average molecular weight is 426 g/mol. The highest BCUT2D eigenvalue weighted by Gasteiger charge is 2.28. The van der Waals surface area contributed by atoms with E-state index in [9.17, 15) is 9.59 Å². The zero-order valence-corrected chi connectivity index (χ0v) is 18.2. The number of hydrogen-bond acceptors (Lipinski definition) is 5. The molecular formula is C23H31N5O3. The van der Waals surface area contributed by atoms with Crippen LogP contribution in [0.2, 0.25) is 0 Å². The number of ether oxygens (including phenoxy) is 1. The minimum Gasteiger partial charge on any atom is -0.379 e. The summed E-state index contributed by atoms with van der Waals surface area (Å²) in [6.45, 7) is 8.39. The Labute approximate surface area is 183 Å². The smallest absolute Gasteiger partial charge is 0.257 e. The van der Waals surface area contributed by atoms with Gasteiger partial charge in [0.25, 0.3) is 5.91 Å². The van der Waals surface area contributed by atoms with Gasteiger partial charge in [-0.05, 0) is 12.0 Å². The van der Waals surface area contributed by atoms with Crippen LogP contribution in [0.4, 0.5) is 0 Å². The van der Waals surface area contributed by atoms with Crippen LogP contribution in [0.25, 0.3) is 0 Å². The molecule has 0 unspecified atom stereocenters. The van der Waals surface area contributed by atoms with Gasteiger partial charge in [-0.15, -0.1) is 0 Å². The molecule has 2 aromatic rings. The number of carbonyl (C=O) groups excluding carboxylic acids is 2. The van der Waals surface area contributed by atoms with Gasteiger partial charge >= 0.3 is 0 Å². The lowest BCUT2D eigenvalue weighted by Crippen LogP contribution is -2.53. The quantitative estimate of drug-likeness (QED) is 0.694. The number of morpholine rings is 1. The van der Waals surface area contributed by atoms with Crippen LogP contribution in [0.3, 0.4) is 0 Å².